The lowest BCUT2D eigenvalue weighted by atomic mass is 10.2. The van der Waals surface area contributed by atoms with Crippen LogP contribution >= 0.6 is 11.3 Å². The summed E-state index contributed by atoms with van der Waals surface area (Å²) < 4.78 is 0. The number of thiophene rings is 1. The first-order valence-electron chi connectivity index (χ1n) is 5.08. The molecule has 2 aromatic heterocycles. The summed E-state index contributed by atoms with van der Waals surface area (Å²) in [6.45, 7) is 1.95. The van der Waals surface area contributed by atoms with Gasteiger partial charge in [0.25, 0.3) is 0 Å². The van der Waals surface area contributed by atoms with Gasteiger partial charge in [0.05, 0.1) is 11.0 Å². The smallest absolute Gasteiger partial charge is 0.311 e. The van der Waals surface area contributed by atoms with Gasteiger partial charge in [-0.15, -0.1) is 11.3 Å². The Labute approximate surface area is 102 Å². The Kier molecular flexibility index (Phi) is 3.34. The predicted octanol–water partition coefficient (Wildman–Crippen LogP) is 3.22. The Balaban J connectivity index is 2.21. The molecule has 5 nitrogen and oxygen atoms in total. The number of anilines is 1. The van der Waals surface area contributed by atoms with Crippen molar-refractivity contribution in [2.75, 3.05) is 5.32 Å². The summed E-state index contributed by atoms with van der Waals surface area (Å²) in [5, 5.41) is 15.8. The highest BCUT2D eigenvalue weighted by Crippen LogP contribution is 2.27. The van der Waals surface area contributed by atoms with Crippen molar-refractivity contribution in [1.82, 2.24) is 4.98 Å². The monoisotopic (exact) mass is 249 g/mol. The SMILES string of the molecule is CC(Nc1ncccc1[N+](=O)[O-])c1cccs1. The van der Waals surface area contributed by atoms with Gasteiger partial charge in [-0.3, -0.25) is 10.1 Å². The van der Waals surface area contributed by atoms with E-state index >= 15 is 0 Å². The first kappa shape index (κ1) is 11.5. The van der Waals surface area contributed by atoms with E-state index in [0.29, 0.717) is 5.82 Å². The number of pyridine rings is 1. The lowest BCUT2D eigenvalue weighted by molar-refractivity contribution is -0.384. The van der Waals surface area contributed by atoms with Gasteiger partial charge in [0, 0.05) is 17.1 Å². The van der Waals surface area contributed by atoms with Gasteiger partial charge in [-0.2, -0.15) is 0 Å². The zero-order chi connectivity index (χ0) is 12.3. The van der Waals surface area contributed by atoms with Crippen LogP contribution in [0.2, 0.25) is 0 Å². The molecule has 0 aliphatic rings. The largest absolute Gasteiger partial charge is 0.357 e. The predicted molar refractivity (Wildman–Crippen MR) is 67.2 cm³/mol. The van der Waals surface area contributed by atoms with Gasteiger partial charge in [0.2, 0.25) is 5.82 Å². The molecular weight excluding hydrogens is 238 g/mol. The van der Waals surface area contributed by atoms with Crippen molar-refractivity contribution in [2.45, 2.75) is 13.0 Å². The summed E-state index contributed by atoms with van der Waals surface area (Å²) >= 11 is 1.60. The highest BCUT2D eigenvalue weighted by Gasteiger charge is 2.16. The summed E-state index contributed by atoms with van der Waals surface area (Å²) in [5.74, 6) is 0.304. The zero-order valence-electron chi connectivity index (χ0n) is 9.16. The Morgan fingerprint density at radius 1 is 1.47 bits per heavy atom. The Hall–Kier alpha value is -1.95. The summed E-state index contributed by atoms with van der Waals surface area (Å²) in [6.07, 6.45) is 1.54. The van der Waals surface area contributed by atoms with Crippen LogP contribution < -0.4 is 5.32 Å². The second-order valence-electron chi connectivity index (χ2n) is 3.51. The molecular formula is C11H11N3O2S. The number of nitrogens with zero attached hydrogens (tertiary/aromatic N) is 2. The first-order valence-corrected chi connectivity index (χ1v) is 5.96. The van der Waals surface area contributed by atoms with Crippen molar-refractivity contribution < 1.29 is 4.92 Å². The average molecular weight is 249 g/mol. The van der Waals surface area contributed by atoms with Crippen molar-refractivity contribution >= 4 is 22.8 Å². The van der Waals surface area contributed by atoms with E-state index < -0.39 is 4.92 Å². The molecule has 0 amide bonds. The molecule has 2 aromatic rings. The highest BCUT2D eigenvalue weighted by molar-refractivity contribution is 7.10. The van der Waals surface area contributed by atoms with E-state index in [4.69, 9.17) is 0 Å². The van der Waals surface area contributed by atoms with Crippen molar-refractivity contribution in [3.63, 3.8) is 0 Å². The summed E-state index contributed by atoms with van der Waals surface area (Å²) in [7, 11) is 0. The van der Waals surface area contributed by atoms with Crippen LogP contribution in [-0.4, -0.2) is 9.91 Å². The minimum atomic E-state index is -0.434. The fraction of sp³-hybridized carbons (Fsp3) is 0.182. The summed E-state index contributed by atoms with van der Waals surface area (Å²) in [4.78, 5) is 15.5. The molecule has 6 heteroatoms. The van der Waals surface area contributed by atoms with Crippen molar-refractivity contribution in [2.24, 2.45) is 0 Å². The molecule has 0 fully saturated rings. The third-order valence-electron chi connectivity index (χ3n) is 2.31. The van der Waals surface area contributed by atoms with E-state index in [1.54, 1.807) is 17.4 Å². The minimum absolute atomic E-state index is 0.00333. The summed E-state index contributed by atoms with van der Waals surface area (Å²) in [5.41, 5.74) is -0.00379. The minimum Gasteiger partial charge on any atom is -0.357 e. The van der Waals surface area contributed by atoms with Gasteiger partial charge in [-0.1, -0.05) is 6.07 Å². The fourth-order valence-corrected chi connectivity index (χ4v) is 2.20. The van der Waals surface area contributed by atoms with E-state index in [9.17, 15) is 10.1 Å². The molecule has 1 unspecified atom stereocenters. The molecule has 88 valence electrons. The van der Waals surface area contributed by atoms with Gasteiger partial charge in [0.15, 0.2) is 0 Å². The fourth-order valence-electron chi connectivity index (χ4n) is 1.47. The van der Waals surface area contributed by atoms with Crippen LogP contribution in [0.1, 0.15) is 17.8 Å². The van der Waals surface area contributed by atoms with Gasteiger partial charge in [-0.05, 0) is 24.4 Å². The Morgan fingerprint density at radius 3 is 2.94 bits per heavy atom. The van der Waals surface area contributed by atoms with Gasteiger partial charge in [0.1, 0.15) is 0 Å². The number of hydrogen-bond acceptors (Lipinski definition) is 5. The number of nitro groups is 1. The molecule has 1 N–H and O–H groups in total. The van der Waals surface area contributed by atoms with Crippen LogP contribution in [0.5, 0.6) is 0 Å². The average Bonchev–Trinajstić information content (AvgIpc) is 2.83. The number of hydrogen-bond donors (Lipinski definition) is 1. The molecule has 1 atom stereocenters. The van der Waals surface area contributed by atoms with Gasteiger partial charge >= 0.3 is 5.69 Å². The number of aromatic nitrogens is 1. The number of nitrogens with one attached hydrogen (secondary N) is 1. The van der Waals surface area contributed by atoms with Crippen LogP contribution in [0, 0.1) is 10.1 Å². The van der Waals surface area contributed by atoms with E-state index in [2.05, 4.69) is 10.3 Å². The third kappa shape index (κ3) is 2.59. The van der Waals surface area contributed by atoms with Gasteiger partial charge < -0.3 is 5.32 Å². The lowest BCUT2D eigenvalue weighted by Gasteiger charge is -2.12. The van der Waals surface area contributed by atoms with Crippen LogP contribution in [-0.2, 0) is 0 Å². The van der Waals surface area contributed by atoms with Crippen molar-refractivity contribution in [1.29, 1.82) is 0 Å². The molecule has 0 spiro atoms. The first-order chi connectivity index (χ1) is 8.18. The maximum Gasteiger partial charge on any atom is 0.311 e. The van der Waals surface area contributed by atoms with Crippen LogP contribution in [0.4, 0.5) is 11.5 Å². The van der Waals surface area contributed by atoms with E-state index in [-0.39, 0.29) is 11.7 Å². The maximum absolute atomic E-state index is 10.8. The normalized spacial score (nSPS) is 12.1. The molecule has 17 heavy (non-hydrogen) atoms. The Morgan fingerprint density at radius 2 is 2.29 bits per heavy atom. The molecule has 0 aliphatic carbocycles. The molecule has 0 radical (unpaired) electrons. The van der Waals surface area contributed by atoms with E-state index in [0.717, 1.165) is 4.88 Å². The molecule has 0 aliphatic heterocycles. The quantitative estimate of drug-likeness (QED) is 0.667. The second kappa shape index (κ2) is 4.92. The molecule has 0 aromatic carbocycles. The van der Waals surface area contributed by atoms with Crippen LogP contribution in [0.25, 0.3) is 0 Å². The second-order valence-corrected chi connectivity index (χ2v) is 4.49. The topological polar surface area (TPSA) is 68.1 Å². The Bertz CT molecular complexity index is 513. The standard InChI is InChI=1S/C11H11N3O2S/c1-8(10-5-3-7-17-10)13-11-9(14(15)16)4-2-6-12-11/h2-8H,1H3,(H,12,13). The third-order valence-corrected chi connectivity index (χ3v) is 3.36. The van der Waals surface area contributed by atoms with E-state index in [1.165, 1.54) is 12.3 Å². The van der Waals surface area contributed by atoms with Crippen molar-refractivity contribution in [3.05, 3.63) is 50.8 Å². The summed E-state index contributed by atoms with van der Waals surface area (Å²) in [6, 6.07) is 6.93. The highest BCUT2D eigenvalue weighted by atomic mass is 32.1. The van der Waals surface area contributed by atoms with Crippen molar-refractivity contribution in [3.8, 4) is 0 Å². The molecule has 0 bridgehead atoms. The van der Waals surface area contributed by atoms with Gasteiger partial charge in [-0.25, -0.2) is 4.98 Å². The molecule has 2 rings (SSSR count). The van der Waals surface area contributed by atoms with E-state index in [1.807, 2.05) is 24.4 Å². The van der Waals surface area contributed by atoms with Crippen LogP contribution in [0.15, 0.2) is 35.8 Å². The zero-order valence-corrected chi connectivity index (χ0v) is 9.98. The lowest BCUT2D eigenvalue weighted by Crippen LogP contribution is -2.08. The number of rotatable bonds is 4. The molecule has 0 saturated heterocycles. The van der Waals surface area contributed by atoms with Crippen LogP contribution in [0.3, 0.4) is 0 Å². The molecule has 2 heterocycles. The maximum atomic E-state index is 10.8. The molecule has 0 saturated carbocycles.